The second-order valence-corrected chi connectivity index (χ2v) is 3.66. The molecule has 1 aliphatic heterocycles. The van der Waals surface area contributed by atoms with Crippen LogP contribution in [-0.4, -0.2) is 27.8 Å². The Morgan fingerprint density at radius 3 is 2.83 bits per heavy atom. The highest BCUT2D eigenvalue weighted by Crippen LogP contribution is 2.35. The Morgan fingerprint density at radius 2 is 2.00 bits per heavy atom. The van der Waals surface area contributed by atoms with Crippen LogP contribution in [0.15, 0.2) is 30.6 Å². The Morgan fingerprint density at radius 1 is 1.17 bits per heavy atom. The molecule has 0 amide bonds. The summed E-state index contributed by atoms with van der Waals surface area (Å²) in [4.78, 5) is 18.6. The molecule has 6 heteroatoms. The van der Waals surface area contributed by atoms with Crippen molar-refractivity contribution in [1.82, 2.24) is 9.97 Å². The topological polar surface area (TPSA) is 81.5 Å². The molecule has 0 saturated carbocycles. The average Bonchev–Trinajstić information content (AvgIpc) is 2.86. The molecule has 0 saturated heterocycles. The number of hydrogen-bond donors (Lipinski definition) is 1. The molecule has 1 aromatic carbocycles. The fraction of sp³-hybridized carbons (Fsp3) is 0.0833. The molecule has 0 spiro atoms. The molecule has 18 heavy (non-hydrogen) atoms. The predicted octanol–water partition coefficient (Wildman–Crippen LogP) is 1.57. The third kappa shape index (κ3) is 1.73. The van der Waals surface area contributed by atoms with Crippen LogP contribution >= 0.6 is 0 Å². The minimum atomic E-state index is -1.08. The molecule has 6 nitrogen and oxygen atoms in total. The molecule has 0 unspecified atom stereocenters. The standard InChI is InChI=1S/C12H8N2O4/c15-12(16)9-4-8(13-5-14-9)7-1-2-10-11(3-7)18-6-17-10/h1-5H,6H2,(H,15,16). The maximum absolute atomic E-state index is 10.8. The summed E-state index contributed by atoms with van der Waals surface area (Å²) in [6.07, 6.45) is 1.23. The van der Waals surface area contributed by atoms with Crippen LogP contribution in [0.25, 0.3) is 11.3 Å². The van der Waals surface area contributed by atoms with Crippen molar-refractivity contribution in [3.8, 4) is 22.8 Å². The molecule has 90 valence electrons. The van der Waals surface area contributed by atoms with E-state index in [1.54, 1.807) is 18.2 Å². The van der Waals surface area contributed by atoms with Crippen LogP contribution in [-0.2, 0) is 0 Å². The Balaban J connectivity index is 2.04. The fourth-order valence-corrected chi connectivity index (χ4v) is 1.69. The lowest BCUT2D eigenvalue weighted by atomic mass is 10.1. The van der Waals surface area contributed by atoms with E-state index in [0.717, 1.165) is 5.56 Å². The number of aromatic nitrogens is 2. The maximum Gasteiger partial charge on any atom is 0.354 e. The SMILES string of the molecule is O=C(O)c1cc(-c2ccc3c(c2)OCO3)ncn1. The van der Waals surface area contributed by atoms with Crippen LogP contribution in [0.1, 0.15) is 10.5 Å². The lowest BCUT2D eigenvalue weighted by Gasteiger charge is -2.03. The second-order valence-electron chi connectivity index (χ2n) is 3.66. The van der Waals surface area contributed by atoms with E-state index in [1.807, 2.05) is 0 Å². The Hall–Kier alpha value is -2.63. The molecule has 0 aliphatic carbocycles. The summed E-state index contributed by atoms with van der Waals surface area (Å²) in [5.41, 5.74) is 1.24. The molecule has 0 radical (unpaired) electrons. The van der Waals surface area contributed by atoms with Gasteiger partial charge in [0.25, 0.3) is 0 Å². The van der Waals surface area contributed by atoms with Crippen molar-refractivity contribution in [2.24, 2.45) is 0 Å². The first-order valence-corrected chi connectivity index (χ1v) is 5.19. The third-order valence-electron chi connectivity index (χ3n) is 2.55. The Bertz CT molecular complexity index is 627. The van der Waals surface area contributed by atoms with Gasteiger partial charge in [-0.3, -0.25) is 0 Å². The van der Waals surface area contributed by atoms with Gasteiger partial charge in [0, 0.05) is 5.56 Å². The predicted molar refractivity (Wildman–Crippen MR) is 60.6 cm³/mol. The van der Waals surface area contributed by atoms with Crippen LogP contribution in [0.5, 0.6) is 11.5 Å². The molecule has 0 fully saturated rings. The summed E-state index contributed by atoms with van der Waals surface area (Å²) in [6, 6.07) is 6.73. The van der Waals surface area contributed by atoms with Gasteiger partial charge in [-0.25, -0.2) is 14.8 Å². The van der Waals surface area contributed by atoms with E-state index in [9.17, 15) is 4.79 Å². The van der Waals surface area contributed by atoms with Gasteiger partial charge in [-0.2, -0.15) is 0 Å². The van der Waals surface area contributed by atoms with Crippen LogP contribution in [0.3, 0.4) is 0 Å². The summed E-state index contributed by atoms with van der Waals surface area (Å²) in [5.74, 6) is 0.216. The summed E-state index contributed by atoms with van der Waals surface area (Å²) in [7, 11) is 0. The van der Waals surface area contributed by atoms with Gasteiger partial charge in [-0.15, -0.1) is 0 Å². The quantitative estimate of drug-likeness (QED) is 0.863. The van der Waals surface area contributed by atoms with E-state index in [-0.39, 0.29) is 12.5 Å². The number of carboxylic acids is 1. The van der Waals surface area contributed by atoms with Gasteiger partial charge in [0.05, 0.1) is 5.69 Å². The largest absolute Gasteiger partial charge is 0.477 e. The number of nitrogens with zero attached hydrogens (tertiary/aromatic N) is 2. The number of aromatic carboxylic acids is 1. The van der Waals surface area contributed by atoms with E-state index in [2.05, 4.69) is 9.97 Å². The number of benzene rings is 1. The summed E-state index contributed by atoms with van der Waals surface area (Å²) >= 11 is 0. The zero-order valence-electron chi connectivity index (χ0n) is 9.16. The highest BCUT2D eigenvalue weighted by atomic mass is 16.7. The molecule has 2 aromatic rings. The van der Waals surface area contributed by atoms with Crippen molar-refractivity contribution in [1.29, 1.82) is 0 Å². The molecule has 0 bridgehead atoms. The number of carbonyl (C=O) groups is 1. The molecule has 3 rings (SSSR count). The molecule has 0 atom stereocenters. The van der Waals surface area contributed by atoms with Crippen molar-refractivity contribution in [3.05, 3.63) is 36.3 Å². The second kappa shape index (κ2) is 3.99. The van der Waals surface area contributed by atoms with Crippen LogP contribution in [0.2, 0.25) is 0 Å². The van der Waals surface area contributed by atoms with Gasteiger partial charge in [0.2, 0.25) is 6.79 Å². The molecular formula is C12H8N2O4. The van der Waals surface area contributed by atoms with Gasteiger partial charge < -0.3 is 14.6 Å². The smallest absolute Gasteiger partial charge is 0.354 e. The summed E-state index contributed by atoms with van der Waals surface area (Å²) < 4.78 is 10.5. The average molecular weight is 244 g/mol. The first-order chi connectivity index (χ1) is 8.74. The van der Waals surface area contributed by atoms with E-state index < -0.39 is 5.97 Å². The van der Waals surface area contributed by atoms with E-state index >= 15 is 0 Å². The summed E-state index contributed by atoms with van der Waals surface area (Å²) in [5, 5.41) is 8.88. The minimum Gasteiger partial charge on any atom is -0.477 e. The van der Waals surface area contributed by atoms with E-state index in [0.29, 0.717) is 17.2 Å². The van der Waals surface area contributed by atoms with Crippen molar-refractivity contribution in [2.75, 3.05) is 6.79 Å². The van der Waals surface area contributed by atoms with Gasteiger partial charge in [0.1, 0.15) is 6.33 Å². The van der Waals surface area contributed by atoms with Crippen LogP contribution in [0.4, 0.5) is 0 Å². The van der Waals surface area contributed by atoms with Gasteiger partial charge >= 0.3 is 5.97 Å². The number of carboxylic acid groups (broad SMARTS) is 1. The van der Waals surface area contributed by atoms with Crippen molar-refractivity contribution in [2.45, 2.75) is 0 Å². The van der Waals surface area contributed by atoms with Gasteiger partial charge in [-0.05, 0) is 24.3 Å². The first kappa shape index (κ1) is 10.5. The number of ether oxygens (including phenoxy) is 2. The molecule has 1 aliphatic rings. The minimum absolute atomic E-state index is 0.0438. The highest BCUT2D eigenvalue weighted by molar-refractivity contribution is 5.86. The van der Waals surface area contributed by atoms with Gasteiger partial charge in [0.15, 0.2) is 17.2 Å². The molecule has 1 N–H and O–H groups in total. The Kier molecular flexibility index (Phi) is 2.33. The number of hydrogen-bond acceptors (Lipinski definition) is 5. The normalized spacial score (nSPS) is 12.4. The lowest BCUT2D eigenvalue weighted by molar-refractivity contribution is 0.0690. The zero-order chi connectivity index (χ0) is 12.5. The number of fused-ring (bicyclic) bond motifs is 1. The molecule has 1 aromatic heterocycles. The molecular weight excluding hydrogens is 236 g/mol. The third-order valence-corrected chi connectivity index (χ3v) is 2.55. The summed E-state index contributed by atoms with van der Waals surface area (Å²) in [6.45, 7) is 0.197. The number of rotatable bonds is 2. The first-order valence-electron chi connectivity index (χ1n) is 5.19. The van der Waals surface area contributed by atoms with Crippen LogP contribution < -0.4 is 9.47 Å². The van der Waals surface area contributed by atoms with Crippen molar-refractivity contribution >= 4 is 5.97 Å². The van der Waals surface area contributed by atoms with E-state index in [1.165, 1.54) is 12.4 Å². The van der Waals surface area contributed by atoms with Crippen molar-refractivity contribution in [3.63, 3.8) is 0 Å². The van der Waals surface area contributed by atoms with Crippen LogP contribution in [0, 0.1) is 0 Å². The lowest BCUT2D eigenvalue weighted by Crippen LogP contribution is -2.01. The monoisotopic (exact) mass is 244 g/mol. The van der Waals surface area contributed by atoms with E-state index in [4.69, 9.17) is 14.6 Å². The Labute approximate surface area is 102 Å². The highest BCUT2D eigenvalue weighted by Gasteiger charge is 2.15. The zero-order valence-corrected chi connectivity index (χ0v) is 9.16. The fourth-order valence-electron chi connectivity index (χ4n) is 1.69. The maximum atomic E-state index is 10.8. The van der Waals surface area contributed by atoms with Gasteiger partial charge in [-0.1, -0.05) is 0 Å². The van der Waals surface area contributed by atoms with Crippen molar-refractivity contribution < 1.29 is 19.4 Å². The molecule has 2 heterocycles.